The Kier molecular flexibility index (Phi) is 6.32. The predicted molar refractivity (Wildman–Crippen MR) is 143 cm³/mol. The van der Waals surface area contributed by atoms with Crippen LogP contribution >= 0.6 is 22.9 Å². The van der Waals surface area contributed by atoms with Gasteiger partial charge in [-0.15, -0.1) is 11.3 Å². The molecule has 6 rings (SSSR count). The average Bonchev–Trinajstić information content (AvgIpc) is 3.17. The van der Waals surface area contributed by atoms with Gasteiger partial charge in [-0.2, -0.15) is 0 Å². The van der Waals surface area contributed by atoms with Crippen LogP contribution in [-0.4, -0.2) is 61.6 Å². The summed E-state index contributed by atoms with van der Waals surface area (Å²) >= 11 is 7.36. The normalized spacial score (nSPS) is 25.5. The van der Waals surface area contributed by atoms with Crippen molar-refractivity contribution in [1.82, 2.24) is 19.5 Å². The molecule has 0 bridgehead atoms. The number of carbonyl (C=O) groups is 1. The molecule has 2 saturated carbocycles. The summed E-state index contributed by atoms with van der Waals surface area (Å²) in [6.07, 6.45) is 0.102. The lowest BCUT2D eigenvalue weighted by molar-refractivity contribution is -0.156. The van der Waals surface area contributed by atoms with Crippen LogP contribution in [0.25, 0.3) is 11.2 Å². The van der Waals surface area contributed by atoms with Crippen molar-refractivity contribution in [3.8, 4) is 11.8 Å². The zero-order valence-corrected chi connectivity index (χ0v) is 21.9. The van der Waals surface area contributed by atoms with E-state index in [1.165, 1.54) is 11.3 Å². The van der Waals surface area contributed by atoms with Crippen LogP contribution < -0.4 is 5.32 Å². The number of anilines is 1. The van der Waals surface area contributed by atoms with Crippen molar-refractivity contribution in [3.63, 3.8) is 0 Å². The number of halogens is 1. The molecule has 4 aromatic rings. The van der Waals surface area contributed by atoms with Crippen molar-refractivity contribution in [1.29, 1.82) is 0 Å². The number of esters is 1. The Bertz CT molecular complexity index is 1580. The van der Waals surface area contributed by atoms with Gasteiger partial charge in [-0.05, 0) is 36.0 Å². The van der Waals surface area contributed by atoms with Gasteiger partial charge >= 0.3 is 5.97 Å². The summed E-state index contributed by atoms with van der Waals surface area (Å²) in [5.74, 6) is 5.93. The molecule has 2 aliphatic rings. The summed E-state index contributed by atoms with van der Waals surface area (Å²) in [7, 11) is 1.72. The van der Waals surface area contributed by atoms with E-state index in [0.717, 1.165) is 10.4 Å². The monoisotopic (exact) mass is 549 g/mol. The zero-order valence-electron chi connectivity index (χ0n) is 20.3. The van der Waals surface area contributed by atoms with Gasteiger partial charge in [0.1, 0.15) is 11.5 Å². The number of nitrogens with zero attached hydrogens (tertiary/aromatic N) is 4. The van der Waals surface area contributed by atoms with E-state index in [1.54, 1.807) is 24.0 Å². The Balaban J connectivity index is 1.27. The SMILES string of the molecule is CNc1nc(C#Cc2ccc(Cl)s2)nc2c1ncn2[C@H]1[C@H](O)[C@H](O)[C@]2(C(=O)OCCc3ccccc3)C[C@H]12. The van der Waals surface area contributed by atoms with Crippen molar-refractivity contribution in [2.75, 3.05) is 19.0 Å². The Morgan fingerprint density at radius 1 is 1.24 bits per heavy atom. The number of hydrogen-bond acceptors (Lipinski definition) is 9. The second kappa shape index (κ2) is 9.67. The van der Waals surface area contributed by atoms with Gasteiger partial charge in [0.2, 0.25) is 5.82 Å². The molecule has 3 N–H and O–H groups in total. The van der Waals surface area contributed by atoms with Gasteiger partial charge in [-0.25, -0.2) is 15.0 Å². The van der Waals surface area contributed by atoms with Gasteiger partial charge in [0, 0.05) is 19.4 Å². The molecule has 2 aliphatic carbocycles. The molecule has 5 atom stereocenters. The predicted octanol–water partition coefficient (Wildman–Crippen LogP) is 3.05. The van der Waals surface area contributed by atoms with Crippen molar-refractivity contribution in [2.24, 2.45) is 11.3 Å². The number of ether oxygens (including phenoxy) is 1. The van der Waals surface area contributed by atoms with E-state index in [1.807, 2.05) is 36.4 Å². The molecular weight excluding hydrogens is 526 g/mol. The quantitative estimate of drug-likeness (QED) is 0.248. The minimum atomic E-state index is -1.26. The summed E-state index contributed by atoms with van der Waals surface area (Å²) in [6.45, 7) is 0.203. The van der Waals surface area contributed by atoms with Crippen LogP contribution in [0.1, 0.15) is 28.7 Å². The Labute approximate surface area is 227 Å². The van der Waals surface area contributed by atoms with Gasteiger partial charge in [-0.1, -0.05) is 41.9 Å². The molecule has 0 saturated heterocycles. The first-order valence-electron chi connectivity index (χ1n) is 12.2. The fourth-order valence-electron chi connectivity index (χ4n) is 5.42. The third kappa shape index (κ3) is 4.12. The number of aliphatic hydroxyl groups excluding tert-OH is 2. The van der Waals surface area contributed by atoms with Crippen molar-refractivity contribution < 1.29 is 19.7 Å². The third-order valence-electron chi connectivity index (χ3n) is 7.37. The van der Waals surface area contributed by atoms with Crippen LogP contribution in [0.2, 0.25) is 4.34 Å². The maximum Gasteiger partial charge on any atom is 0.315 e. The van der Waals surface area contributed by atoms with E-state index < -0.39 is 29.6 Å². The Morgan fingerprint density at radius 3 is 2.79 bits per heavy atom. The van der Waals surface area contributed by atoms with Crippen LogP contribution in [0, 0.1) is 23.2 Å². The van der Waals surface area contributed by atoms with Crippen molar-refractivity contribution in [2.45, 2.75) is 31.1 Å². The topological polar surface area (TPSA) is 122 Å². The fraction of sp³-hybridized carbons (Fsp3) is 0.333. The standard InChI is InChI=1S/C27H24ClN5O4S/c1-29-24-20-25(32-19(31-24)10-8-16-7-9-18(28)38-16)33(14-30-20)21-17-13-27(17,23(35)22(21)34)26(36)37-12-11-15-5-3-2-4-6-15/h2-7,9,14,17,21-23,34-35H,11-13H2,1H3,(H,29,31,32)/t17-,21-,22+,23+,27+/m1/s1. The van der Waals surface area contributed by atoms with E-state index >= 15 is 0 Å². The highest BCUT2D eigenvalue weighted by atomic mass is 35.5. The Hall–Kier alpha value is -3.49. The molecule has 3 heterocycles. The molecule has 0 spiro atoms. The van der Waals surface area contributed by atoms with E-state index in [0.29, 0.717) is 34.2 Å². The lowest BCUT2D eigenvalue weighted by Gasteiger charge is -2.23. The molecule has 38 heavy (non-hydrogen) atoms. The summed E-state index contributed by atoms with van der Waals surface area (Å²) in [5, 5.41) is 25.1. The highest BCUT2D eigenvalue weighted by Crippen LogP contribution is 2.68. The highest BCUT2D eigenvalue weighted by molar-refractivity contribution is 7.16. The largest absolute Gasteiger partial charge is 0.465 e. The molecular formula is C27H24ClN5O4S. The van der Waals surface area contributed by atoms with Crippen LogP contribution in [-0.2, 0) is 16.0 Å². The number of nitrogens with one attached hydrogen (secondary N) is 1. The molecule has 11 heteroatoms. The third-order valence-corrected chi connectivity index (χ3v) is 8.52. The summed E-state index contributed by atoms with van der Waals surface area (Å²) in [5.41, 5.74) is 0.870. The Morgan fingerprint density at radius 2 is 2.05 bits per heavy atom. The minimum Gasteiger partial charge on any atom is -0.465 e. The number of rotatable bonds is 6. The molecule has 3 aromatic heterocycles. The molecule has 0 radical (unpaired) electrons. The van der Waals surface area contributed by atoms with E-state index in [4.69, 9.17) is 16.3 Å². The number of hydrogen-bond donors (Lipinski definition) is 3. The first kappa shape index (κ1) is 24.8. The number of thiophene rings is 1. The molecule has 9 nitrogen and oxygen atoms in total. The highest BCUT2D eigenvalue weighted by Gasteiger charge is 2.76. The van der Waals surface area contributed by atoms with Crippen LogP contribution in [0.5, 0.6) is 0 Å². The van der Waals surface area contributed by atoms with Crippen LogP contribution in [0.15, 0.2) is 48.8 Å². The number of fused-ring (bicyclic) bond motifs is 2. The summed E-state index contributed by atoms with van der Waals surface area (Å²) in [4.78, 5) is 27.4. The van der Waals surface area contributed by atoms with Gasteiger partial charge in [-0.3, -0.25) is 4.79 Å². The molecule has 0 unspecified atom stereocenters. The van der Waals surface area contributed by atoms with E-state index in [9.17, 15) is 15.0 Å². The second-order valence-corrected chi connectivity index (χ2v) is 11.2. The maximum atomic E-state index is 13.1. The van der Waals surface area contributed by atoms with Gasteiger partial charge in [0.05, 0.1) is 34.3 Å². The van der Waals surface area contributed by atoms with Crippen LogP contribution in [0.3, 0.4) is 0 Å². The van der Waals surface area contributed by atoms with Crippen LogP contribution in [0.4, 0.5) is 5.82 Å². The average molecular weight is 550 g/mol. The number of benzene rings is 1. The first-order valence-corrected chi connectivity index (χ1v) is 13.4. The fourth-order valence-corrected chi connectivity index (χ4v) is 6.32. The lowest BCUT2D eigenvalue weighted by atomic mass is 9.99. The maximum absolute atomic E-state index is 13.1. The second-order valence-electron chi connectivity index (χ2n) is 9.47. The number of imidazole rings is 1. The summed E-state index contributed by atoms with van der Waals surface area (Å²) < 4.78 is 7.94. The molecule has 194 valence electrons. The molecule has 0 aliphatic heterocycles. The van der Waals surface area contributed by atoms with E-state index in [-0.39, 0.29) is 18.3 Å². The minimum absolute atomic E-state index is 0.203. The first-order chi connectivity index (χ1) is 18.4. The van der Waals surface area contributed by atoms with Crippen molar-refractivity contribution >= 4 is 45.9 Å². The van der Waals surface area contributed by atoms with Gasteiger partial charge < -0.3 is 24.8 Å². The molecule has 2 fully saturated rings. The summed E-state index contributed by atoms with van der Waals surface area (Å²) in [6, 6.07) is 12.7. The lowest BCUT2D eigenvalue weighted by Crippen LogP contribution is -2.38. The molecule has 0 amide bonds. The molecule has 1 aromatic carbocycles. The zero-order chi connectivity index (χ0) is 26.4. The van der Waals surface area contributed by atoms with E-state index in [2.05, 4.69) is 32.1 Å². The van der Waals surface area contributed by atoms with Crippen molar-refractivity contribution in [3.05, 3.63) is 69.4 Å². The number of aromatic nitrogens is 4. The number of aliphatic hydroxyl groups is 2. The van der Waals surface area contributed by atoms with Gasteiger partial charge in [0.25, 0.3) is 0 Å². The smallest absolute Gasteiger partial charge is 0.315 e. The van der Waals surface area contributed by atoms with Gasteiger partial charge in [0.15, 0.2) is 17.0 Å². The number of carbonyl (C=O) groups excluding carboxylic acids is 1.